The zero-order valence-electron chi connectivity index (χ0n) is 10.6. The number of hydrogen-bond donors (Lipinski definition) is 2. The highest BCUT2D eigenvalue weighted by Gasteiger charge is 2.17. The summed E-state index contributed by atoms with van der Waals surface area (Å²) in [7, 11) is 0. The Hall–Kier alpha value is -1.62. The maximum Gasteiger partial charge on any atom is 0.256 e. The van der Waals surface area contributed by atoms with E-state index in [1.807, 2.05) is 6.92 Å². The Bertz CT molecular complexity index is 463. The summed E-state index contributed by atoms with van der Waals surface area (Å²) < 4.78 is 0. The van der Waals surface area contributed by atoms with Crippen LogP contribution in [0.2, 0.25) is 0 Å². The Morgan fingerprint density at radius 1 is 1.50 bits per heavy atom. The molecule has 2 N–H and O–H groups in total. The molecule has 98 valence electrons. The van der Waals surface area contributed by atoms with Crippen LogP contribution in [0.5, 0.6) is 0 Å². The van der Waals surface area contributed by atoms with Crippen LogP contribution in [0, 0.1) is 0 Å². The highest BCUT2D eigenvalue weighted by molar-refractivity contribution is 5.93. The molecule has 1 unspecified atom stereocenters. The number of likely N-dealkylation sites (tertiary alicyclic amines) is 1. The molecule has 18 heavy (non-hydrogen) atoms. The molecular weight excluding hydrogens is 230 g/mol. The summed E-state index contributed by atoms with van der Waals surface area (Å²) in [4.78, 5) is 28.5. The summed E-state index contributed by atoms with van der Waals surface area (Å²) in [6.07, 6.45) is 5.44. The van der Waals surface area contributed by atoms with Gasteiger partial charge in [0.05, 0.1) is 0 Å². The van der Waals surface area contributed by atoms with Crippen LogP contribution in [0.3, 0.4) is 0 Å². The molecule has 1 aliphatic rings. The Kier molecular flexibility index (Phi) is 4.15. The average molecular weight is 249 g/mol. The molecule has 0 aliphatic carbocycles. The molecule has 5 nitrogen and oxygen atoms in total. The van der Waals surface area contributed by atoms with E-state index >= 15 is 0 Å². The van der Waals surface area contributed by atoms with Gasteiger partial charge in [0.25, 0.3) is 5.91 Å². The van der Waals surface area contributed by atoms with Crippen molar-refractivity contribution in [1.82, 2.24) is 15.2 Å². The first-order valence-corrected chi connectivity index (χ1v) is 6.37. The molecule has 0 bridgehead atoms. The van der Waals surface area contributed by atoms with Crippen LogP contribution in [0.1, 0.15) is 30.1 Å². The van der Waals surface area contributed by atoms with Gasteiger partial charge in [0, 0.05) is 31.0 Å². The van der Waals surface area contributed by atoms with Gasteiger partial charge in [0.2, 0.25) is 0 Å². The molecule has 0 saturated carbocycles. The van der Waals surface area contributed by atoms with Gasteiger partial charge in [-0.1, -0.05) is 0 Å². The standard InChI is InChI=1S/C13H19N3O2/c1-10(9-16-6-2-3-7-16)15-13(18)11-8-14-5-4-12(11)17/h4-5,8,10H,2-3,6-7,9H2,1H3,(H,14,17)(H,15,18). The zero-order chi connectivity index (χ0) is 13.0. The number of carbonyl (C=O) groups excluding carboxylic acids is 1. The third kappa shape index (κ3) is 3.20. The second kappa shape index (κ2) is 5.82. The van der Waals surface area contributed by atoms with Crippen molar-refractivity contribution in [2.24, 2.45) is 0 Å². The molecule has 1 aromatic heterocycles. The van der Waals surface area contributed by atoms with Crippen LogP contribution in [0.15, 0.2) is 23.3 Å². The molecular formula is C13H19N3O2. The average Bonchev–Trinajstić information content (AvgIpc) is 2.82. The Balaban J connectivity index is 1.90. The maximum atomic E-state index is 11.9. The number of pyridine rings is 1. The highest BCUT2D eigenvalue weighted by Crippen LogP contribution is 2.07. The number of aromatic nitrogens is 1. The van der Waals surface area contributed by atoms with E-state index in [4.69, 9.17) is 0 Å². The van der Waals surface area contributed by atoms with Gasteiger partial charge in [-0.25, -0.2) is 0 Å². The Morgan fingerprint density at radius 3 is 2.89 bits per heavy atom. The lowest BCUT2D eigenvalue weighted by atomic mass is 10.2. The third-order valence-corrected chi connectivity index (χ3v) is 3.18. The fraction of sp³-hybridized carbons (Fsp3) is 0.538. The molecule has 1 atom stereocenters. The van der Waals surface area contributed by atoms with Crippen LogP contribution >= 0.6 is 0 Å². The lowest BCUT2D eigenvalue weighted by Crippen LogP contribution is -2.42. The van der Waals surface area contributed by atoms with E-state index < -0.39 is 0 Å². The first-order valence-electron chi connectivity index (χ1n) is 6.37. The van der Waals surface area contributed by atoms with Crippen molar-refractivity contribution < 1.29 is 4.79 Å². The largest absolute Gasteiger partial charge is 0.367 e. The van der Waals surface area contributed by atoms with Crippen molar-refractivity contribution >= 4 is 5.91 Å². The monoisotopic (exact) mass is 249 g/mol. The van der Waals surface area contributed by atoms with Gasteiger partial charge >= 0.3 is 0 Å². The van der Waals surface area contributed by atoms with Crippen molar-refractivity contribution in [2.75, 3.05) is 19.6 Å². The topological polar surface area (TPSA) is 65.2 Å². The van der Waals surface area contributed by atoms with Crippen LogP contribution < -0.4 is 10.7 Å². The van der Waals surface area contributed by atoms with Crippen molar-refractivity contribution in [3.63, 3.8) is 0 Å². The second-order valence-corrected chi connectivity index (χ2v) is 4.80. The molecule has 0 radical (unpaired) electrons. The van der Waals surface area contributed by atoms with E-state index in [0.29, 0.717) is 0 Å². The fourth-order valence-corrected chi connectivity index (χ4v) is 2.29. The van der Waals surface area contributed by atoms with E-state index in [1.165, 1.54) is 31.3 Å². The van der Waals surface area contributed by atoms with Gasteiger partial charge in [0.1, 0.15) is 5.56 Å². The van der Waals surface area contributed by atoms with Crippen LogP contribution in [0.25, 0.3) is 0 Å². The molecule has 1 fully saturated rings. The number of nitrogens with zero attached hydrogens (tertiary/aromatic N) is 1. The van der Waals surface area contributed by atoms with E-state index in [2.05, 4.69) is 15.2 Å². The smallest absolute Gasteiger partial charge is 0.256 e. The summed E-state index contributed by atoms with van der Waals surface area (Å²) in [5, 5.41) is 2.86. The number of amides is 1. The van der Waals surface area contributed by atoms with Gasteiger partial charge in [0.15, 0.2) is 5.43 Å². The van der Waals surface area contributed by atoms with Crippen molar-refractivity contribution in [3.8, 4) is 0 Å². The maximum absolute atomic E-state index is 11.9. The van der Waals surface area contributed by atoms with Crippen LogP contribution in [-0.4, -0.2) is 41.5 Å². The molecule has 1 saturated heterocycles. The Morgan fingerprint density at radius 2 is 2.22 bits per heavy atom. The molecule has 1 aromatic rings. The summed E-state index contributed by atoms with van der Waals surface area (Å²) in [6, 6.07) is 1.41. The zero-order valence-corrected chi connectivity index (χ0v) is 10.6. The van der Waals surface area contributed by atoms with Gasteiger partial charge in [-0.05, 0) is 32.9 Å². The molecule has 1 aliphatic heterocycles. The summed E-state index contributed by atoms with van der Waals surface area (Å²) in [5.41, 5.74) is -0.0783. The van der Waals surface area contributed by atoms with Crippen LogP contribution in [-0.2, 0) is 0 Å². The highest BCUT2D eigenvalue weighted by atomic mass is 16.2. The van der Waals surface area contributed by atoms with Crippen LogP contribution in [0.4, 0.5) is 0 Å². The fourth-order valence-electron chi connectivity index (χ4n) is 2.29. The summed E-state index contributed by atoms with van der Waals surface area (Å²) in [5.74, 6) is -0.302. The van der Waals surface area contributed by atoms with Gasteiger partial charge in [-0.2, -0.15) is 0 Å². The molecule has 0 aromatic carbocycles. The predicted octanol–water partition coefficient (Wildman–Crippen LogP) is 0.589. The second-order valence-electron chi connectivity index (χ2n) is 4.80. The van der Waals surface area contributed by atoms with Gasteiger partial charge < -0.3 is 15.2 Å². The summed E-state index contributed by atoms with van der Waals surface area (Å²) >= 11 is 0. The lowest BCUT2D eigenvalue weighted by molar-refractivity contribution is 0.0930. The summed E-state index contributed by atoms with van der Waals surface area (Å²) in [6.45, 7) is 5.02. The van der Waals surface area contributed by atoms with Gasteiger partial charge in [-0.15, -0.1) is 0 Å². The van der Waals surface area contributed by atoms with E-state index in [-0.39, 0.29) is 22.9 Å². The minimum absolute atomic E-state index is 0.0511. The van der Waals surface area contributed by atoms with E-state index in [1.54, 1.807) is 0 Å². The number of hydrogen-bond acceptors (Lipinski definition) is 3. The molecule has 2 heterocycles. The molecule has 0 spiro atoms. The first kappa shape index (κ1) is 12.8. The van der Waals surface area contributed by atoms with E-state index in [9.17, 15) is 9.59 Å². The molecule has 2 rings (SSSR count). The van der Waals surface area contributed by atoms with Crippen molar-refractivity contribution in [3.05, 3.63) is 34.2 Å². The lowest BCUT2D eigenvalue weighted by Gasteiger charge is -2.21. The van der Waals surface area contributed by atoms with Crippen molar-refractivity contribution in [2.45, 2.75) is 25.8 Å². The normalized spacial score (nSPS) is 17.6. The Labute approximate surface area is 106 Å². The molecule has 5 heteroatoms. The third-order valence-electron chi connectivity index (χ3n) is 3.18. The number of aromatic amines is 1. The number of rotatable bonds is 4. The SMILES string of the molecule is CC(CN1CCCC1)NC(=O)c1c[nH]ccc1=O. The van der Waals surface area contributed by atoms with Crippen molar-refractivity contribution in [1.29, 1.82) is 0 Å². The number of nitrogens with one attached hydrogen (secondary N) is 2. The number of H-pyrrole nitrogens is 1. The minimum atomic E-state index is -0.302. The van der Waals surface area contributed by atoms with E-state index in [0.717, 1.165) is 19.6 Å². The number of carbonyl (C=O) groups is 1. The molecule has 1 amide bonds. The minimum Gasteiger partial charge on any atom is -0.367 e. The van der Waals surface area contributed by atoms with Gasteiger partial charge in [-0.3, -0.25) is 9.59 Å². The first-order chi connectivity index (χ1) is 8.66. The quantitative estimate of drug-likeness (QED) is 0.820. The predicted molar refractivity (Wildman–Crippen MR) is 69.7 cm³/mol.